The van der Waals surface area contributed by atoms with E-state index in [0.29, 0.717) is 23.7 Å². The molecular formula is C23H19ClN2O3S. The van der Waals surface area contributed by atoms with E-state index >= 15 is 0 Å². The Morgan fingerprint density at radius 1 is 1.33 bits per heavy atom. The number of amides is 1. The van der Waals surface area contributed by atoms with Gasteiger partial charge in [-0.25, -0.2) is 0 Å². The van der Waals surface area contributed by atoms with Crippen LogP contribution in [0.4, 0.5) is 0 Å². The van der Waals surface area contributed by atoms with Crippen LogP contribution in [0.1, 0.15) is 27.7 Å². The highest BCUT2D eigenvalue weighted by molar-refractivity contribution is 7.17. The van der Waals surface area contributed by atoms with E-state index < -0.39 is 0 Å². The normalized spacial score (nSPS) is 15.1. The second-order valence-electron chi connectivity index (χ2n) is 6.98. The first-order valence-electron chi connectivity index (χ1n) is 9.46. The third-order valence-corrected chi connectivity index (χ3v) is 6.22. The lowest BCUT2D eigenvalue weighted by Crippen LogP contribution is -2.33. The molecule has 0 spiro atoms. The quantitative estimate of drug-likeness (QED) is 0.443. The summed E-state index contributed by atoms with van der Waals surface area (Å²) >= 11 is 7.90. The van der Waals surface area contributed by atoms with Gasteiger partial charge < -0.3 is 10.1 Å². The molecule has 2 aromatic heterocycles. The molecule has 3 heterocycles. The van der Waals surface area contributed by atoms with Gasteiger partial charge in [0.25, 0.3) is 0 Å². The van der Waals surface area contributed by atoms with Gasteiger partial charge in [0.2, 0.25) is 5.91 Å². The van der Waals surface area contributed by atoms with Crippen LogP contribution in [0.15, 0.2) is 54.9 Å². The molecule has 1 aliphatic rings. The van der Waals surface area contributed by atoms with Crippen molar-refractivity contribution in [3.05, 3.63) is 75.9 Å². The van der Waals surface area contributed by atoms with Crippen molar-refractivity contribution in [3.63, 3.8) is 0 Å². The van der Waals surface area contributed by atoms with E-state index in [-0.39, 0.29) is 17.8 Å². The molecule has 4 rings (SSSR count). The van der Waals surface area contributed by atoms with Crippen molar-refractivity contribution >= 4 is 40.7 Å². The van der Waals surface area contributed by atoms with Crippen LogP contribution in [-0.4, -0.2) is 29.3 Å². The molecule has 1 aromatic carbocycles. The number of pyridine rings is 1. The van der Waals surface area contributed by atoms with Crippen LogP contribution in [0.25, 0.3) is 16.5 Å². The molecular weight excluding hydrogens is 420 g/mol. The van der Waals surface area contributed by atoms with Crippen molar-refractivity contribution in [3.8, 4) is 16.2 Å². The van der Waals surface area contributed by atoms with Gasteiger partial charge in [0.1, 0.15) is 11.9 Å². The van der Waals surface area contributed by atoms with E-state index in [1.54, 1.807) is 25.4 Å². The predicted molar refractivity (Wildman–Crippen MR) is 119 cm³/mol. The maximum Gasteiger partial charge on any atom is 0.244 e. The molecule has 152 valence electrons. The molecule has 0 bridgehead atoms. The molecule has 1 amide bonds. The van der Waals surface area contributed by atoms with E-state index in [1.165, 1.54) is 17.4 Å². The van der Waals surface area contributed by atoms with E-state index in [1.807, 2.05) is 36.4 Å². The van der Waals surface area contributed by atoms with Crippen molar-refractivity contribution in [2.24, 2.45) is 0 Å². The molecule has 0 saturated carbocycles. The maximum absolute atomic E-state index is 12.1. The molecule has 7 heteroatoms. The number of thiophene rings is 1. The van der Waals surface area contributed by atoms with Gasteiger partial charge in [0, 0.05) is 35.3 Å². The van der Waals surface area contributed by atoms with Gasteiger partial charge in [-0.1, -0.05) is 17.7 Å². The molecule has 0 fully saturated rings. The highest BCUT2D eigenvalue weighted by Crippen LogP contribution is 2.41. The number of rotatable bonds is 6. The molecule has 1 aliphatic heterocycles. The minimum absolute atomic E-state index is 0.0511. The second-order valence-corrected chi connectivity index (χ2v) is 8.47. The Kier molecular flexibility index (Phi) is 5.97. The SMILES string of the molecule is CC(=O)c1ccc(-c2cc(Cl)c3c(c2)C[C@@H](CNC(=O)/C=C\c2cccnc2)O3)s1. The number of aromatic nitrogens is 1. The van der Waals surface area contributed by atoms with E-state index in [2.05, 4.69) is 10.3 Å². The van der Waals surface area contributed by atoms with Gasteiger partial charge in [-0.15, -0.1) is 11.3 Å². The molecule has 0 radical (unpaired) electrons. The van der Waals surface area contributed by atoms with Gasteiger partial charge in [-0.2, -0.15) is 0 Å². The zero-order chi connectivity index (χ0) is 21.1. The molecule has 5 nitrogen and oxygen atoms in total. The van der Waals surface area contributed by atoms with Crippen molar-refractivity contribution in [1.82, 2.24) is 10.3 Å². The Morgan fingerprint density at radius 2 is 2.20 bits per heavy atom. The number of ether oxygens (including phenoxy) is 1. The highest BCUT2D eigenvalue weighted by atomic mass is 35.5. The lowest BCUT2D eigenvalue weighted by atomic mass is 10.1. The predicted octanol–water partition coefficient (Wildman–Crippen LogP) is 4.80. The van der Waals surface area contributed by atoms with Crippen LogP contribution in [0.3, 0.4) is 0 Å². The summed E-state index contributed by atoms with van der Waals surface area (Å²) in [6.07, 6.45) is 7.04. The first-order valence-corrected chi connectivity index (χ1v) is 10.6. The van der Waals surface area contributed by atoms with Crippen LogP contribution in [0.5, 0.6) is 5.75 Å². The Morgan fingerprint density at radius 3 is 2.93 bits per heavy atom. The molecule has 0 unspecified atom stereocenters. The number of ketones is 1. The summed E-state index contributed by atoms with van der Waals surface area (Å²) in [5.74, 6) is 0.518. The molecule has 0 saturated heterocycles. The molecule has 30 heavy (non-hydrogen) atoms. The van der Waals surface area contributed by atoms with Crippen molar-refractivity contribution < 1.29 is 14.3 Å². The number of carbonyl (C=O) groups excluding carboxylic acids is 2. The summed E-state index contributed by atoms with van der Waals surface area (Å²) in [7, 11) is 0. The monoisotopic (exact) mass is 438 g/mol. The van der Waals surface area contributed by atoms with Crippen molar-refractivity contribution in [2.75, 3.05) is 6.54 Å². The minimum Gasteiger partial charge on any atom is -0.486 e. The minimum atomic E-state index is -0.194. The summed E-state index contributed by atoms with van der Waals surface area (Å²) in [6, 6.07) is 11.4. The fourth-order valence-corrected chi connectivity index (χ4v) is 4.42. The summed E-state index contributed by atoms with van der Waals surface area (Å²) in [5, 5.41) is 3.39. The number of hydrogen-bond donors (Lipinski definition) is 1. The number of nitrogens with zero attached hydrogens (tertiary/aromatic N) is 1. The second kappa shape index (κ2) is 8.81. The summed E-state index contributed by atoms with van der Waals surface area (Å²) in [4.78, 5) is 29.4. The van der Waals surface area contributed by atoms with Crippen LogP contribution in [0.2, 0.25) is 5.02 Å². The zero-order valence-electron chi connectivity index (χ0n) is 16.2. The van der Waals surface area contributed by atoms with E-state index in [4.69, 9.17) is 16.3 Å². The van der Waals surface area contributed by atoms with Crippen molar-refractivity contribution in [2.45, 2.75) is 19.4 Å². The van der Waals surface area contributed by atoms with Gasteiger partial charge >= 0.3 is 0 Å². The number of carbonyl (C=O) groups is 2. The van der Waals surface area contributed by atoms with E-state index in [9.17, 15) is 9.59 Å². The number of fused-ring (bicyclic) bond motifs is 1. The number of Topliss-reactive ketones (excluding diaryl/α,β-unsaturated/α-hetero) is 1. The number of hydrogen-bond acceptors (Lipinski definition) is 5. The average Bonchev–Trinajstić information content (AvgIpc) is 3.39. The number of benzene rings is 1. The lowest BCUT2D eigenvalue weighted by molar-refractivity contribution is -0.116. The van der Waals surface area contributed by atoms with Crippen LogP contribution in [-0.2, 0) is 11.2 Å². The molecule has 1 atom stereocenters. The van der Waals surface area contributed by atoms with Gasteiger partial charge in [0.15, 0.2) is 5.78 Å². The summed E-state index contributed by atoms with van der Waals surface area (Å²) in [6.45, 7) is 1.94. The number of halogens is 1. The Labute approximate surface area is 183 Å². The van der Waals surface area contributed by atoms with Crippen LogP contribution >= 0.6 is 22.9 Å². The fraction of sp³-hybridized carbons (Fsp3) is 0.174. The smallest absolute Gasteiger partial charge is 0.244 e. The third-order valence-electron chi connectivity index (χ3n) is 4.71. The molecule has 3 aromatic rings. The zero-order valence-corrected chi connectivity index (χ0v) is 17.8. The van der Waals surface area contributed by atoms with Crippen molar-refractivity contribution in [1.29, 1.82) is 0 Å². The first-order chi connectivity index (χ1) is 14.5. The van der Waals surface area contributed by atoms with Crippen LogP contribution < -0.4 is 10.1 Å². The van der Waals surface area contributed by atoms with Crippen LogP contribution in [0, 0.1) is 0 Å². The first kappa shape index (κ1) is 20.3. The molecule has 1 N–H and O–H groups in total. The lowest BCUT2D eigenvalue weighted by Gasteiger charge is -2.11. The number of nitrogens with one attached hydrogen (secondary N) is 1. The average molecular weight is 439 g/mol. The maximum atomic E-state index is 12.1. The largest absolute Gasteiger partial charge is 0.486 e. The van der Waals surface area contributed by atoms with Gasteiger partial charge in [0.05, 0.1) is 16.4 Å². The van der Waals surface area contributed by atoms with Gasteiger partial charge in [-0.05, 0) is 54.5 Å². The summed E-state index contributed by atoms with van der Waals surface area (Å²) < 4.78 is 5.95. The highest BCUT2D eigenvalue weighted by Gasteiger charge is 2.26. The van der Waals surface area contributed by atoms with E-state index in [0.717, 1.165) is 26.4 Å². The topological polar surface area (TPSA) is 68.3 Å². The summed E-state index contributed by atoms with van der Waals surface area (Å²) in [5.41, 5.74) is 2.82. The fourth-order valence-electron chi connectivity index (χ4n) is 3.25. The Hall–Kier alpha value is -2.96. The molecule has 0 aliphatic carbocycles. The van der Waals surface area contributed by atoms with Gasteiger partial charge in [-0.3, -0.25) is 14.6 Å². The standard InChI is InChI=1S/C23H19ClN2O3S/c1-14(27)20-5-6-21(30-20)16-9-17-10-18(29-23(17)19(24)11-16)13-26-22(28)7-4-15-3-2-8-25-12-15/h2-9,11-12,18H,10,13H2,1H3,(H,26,28)/b7-4-/t18-/m0/s1. The Bertz CT molecular complexity index is 1120. The Balaban J connectivity index is 1.39. The third kappa shape index (κ3) is 4.61.